The molecule has 7 heteroatoms. The summed E-state index contributed by atoms with van der Waals surface area (Å²) >= 11 is 5.96. The first-order chi connectivity index (χ1) is 15.4. The number of amides is 2. The quantitative estimate of drug-likeness (QED) is 0.594. The third-order valence-corrected chi connectivity index (χ3v) is 5.49. The maximum atomic E-state index is 13.1. The van der Waals surface area contributed by atoms with Gasteiger partial charge in [0.1, 0.15) is 11.6 Å². The van der Waals surface area contributed by atoms with Crippen LogP contribution in [0, 0.1) is 5.82 Å². The minimum Gasteiger partial charge on any atom is -0.481 e. The van der Waals surface area contributed by atoms with Crippen LogP contribution in [-0.2, 0) is 29.1 Å². The Morgan fingerprint density at radius 2 is 1.78 bits per heavy atom. The molecule has 1 aliphatic heterocycles. The van der Waals surface area contributed by atoms with E-state index in [1.807, 2.05) is 18.2 Å². The topological polar surface area (TPSA) is 58.6 Å². The van der Waals surface area contributed by atoms with Crippen molar-refractivity contribution in [2.24, 2.45) is 0 Å². The fourth-order valence-electron chi connectivity index (χ4n) is 3.61. The molecule has 1 heterocycles. The molecule has 0 fully saturated rings. The highest BCUT2D eigenvalue weighted by molar-refractivity contribution is 6.30. The maximum absolute atomic E-state index is 13.1. The van der Waals surface area contributed by atoms with E-state index in [4.69, 9.17) is 16.3 Å². The molecule has 1 N–H and O–H groups in total. The average molecular weight is 453 g/mol. The maximum Gasteiger partial charge on any atom is 0.263 e. The van der Waals surface area contributed by atoms with Crippen LogP contribution in [-0.4, -0.2) is 22.8 Å². The summed E-state index contributed by atoms with van der Waals surface area (Å²) in [5.41, 5.74) is 3.09. The molecule has 0 bridgehead atoms. The molecule has 0 saturated heterocycles. The largest absolute Gasteiger partial charge is 0.481 e. The average Bonchev–Trinajstić information content (AvgIpc) is 2.88. The van der Waals surface area contributed by atoms with Crippen LogP contribution in [0.3, 0.4) is 0 Å². The number of ether oxygens (including phenoxy) is 1. The second-order valence-corrected chi connectivity index (χ2v) is 8.19. The molecule has 1 atom stereocenters. The number of nitrogens with zero attached hydrogens (tertiary/aromatic N) is 1. The van der Waals surface area contributed by atoms with Gasteiger partial charge in [0, 0.05) is 29.4 Å². The third kappa shape index (κ3) is 5.26. The highest BCUT2D eigenvalue weighted by Crippen LogP contribution is 2.29. The Balaban J connectivity index is 1.50. The predicted molar refractivity (Wildman–Crippen MR) is 121 cm³/mol. The van der Waals surface area contributed by atoms with Gasteiger partial charge < -0.3 is 15.0 Å². The number of anilines is 1. The summed E-state index contributed by atoms with van der Waals surface area (Å²) in [6.07, 6.45) is -0.492. The number of hydrogen-bond acceptors (Lipinski definition) is 3. The highest BCUT2D eigenvalue weighted by Gasteiger charge is 2.28. The number of carbonyl (C=O) groups excluding carboxylic acids is 2. The van der Waals surface area contributed by atoms with E-state index in [0.29, 0.717) is 29.5 Å². The van der Waals surface area contributed by atoms with Crippen LogP contribution >= 0.6 is 11.6 Å². The van der Waals surface area contributed by atoms with Crippen molar-refractivity contribution >= 4 is 29.1 Å². The normalized spacial score (nSPS) is 15.5. The lowest BCUT2D eigenvalue weighted by atomic mass is 10.1. The van der Waals surface area contributed by atoms with Gasteiger partial charge in [-0.3, -0.25) is 9.59 Å². The SMILES string of the molecule is C[C@H]1Oc2ccc(NC(=O)Cc3ccc(F)cc3)cc2CN(Cc2ccc(Cl)cc2)C1=O. The summed E-state index contributed by atoms with van der Waals surface area (Å²) < 4.78 is 18.9. The lowest BCUT2D eigenvalue weighted by Gasteiger charge is -2.22. The lowest BCUT2D eigenvalue weighted by molar-refractivity contribution is -0.138. The Hall–Kier alpha value is -3.38. The van der Waals surface area contributed by atoms with Crippen molar-refractivity contribution in [3.63, 3.8) is 0 Å². The van der Waals surface area contributed by atoms with E-state index in [9.17, 15) is 14.0 Å². The van der Waals surface area contributed by atoms with Gasteiger partial charge in [0.2, 0.25) is 5.91 Å². The Bertz CT molecular complexity index is 1130. The minimum atomic E-state index is -0.623. The first kappa shape index (κ1) is 21.8. The molecule has 3 aromatic rings. The third-order valence-electron chi connectivity index (χ3n) is 5.23. The van der Waals surface area contributed by atoms with Crippen molar-refractivity contribution in [3.05, 3.63) is 94.3 Å². The molecule has 164 valence electrons. The minimum absolute atomic E-state index is 0.113. The van der Waals surface area contributed by atoms with E-state index in [1.54, 1.807) is 48.2 Å². The molecule has 0 spiro atoms. The number of rotatable bonds is 5. The van der Waals surface area contributed by atoms with Crippen molar-refractivity contribution in [1.82, 2.24) is 4.90 Å². The molecule has 3 aromatic carbocycles. The fraction of sp³-hybridized carbons (Fsp3) is 0.200. The van der Waals surface area contributed by atoms with Crippen molar-refractivity contribution in [3.8, 4) is 5.75 Å². The van der Waals surface area contributed by atoms with Gasteiger partial charge in [0.05, 0.1) is 6.42 Å². The number of fused-ring (bicyclic) bond motifs is 1. The zero-order valence-electron chi connectivity index (χ0n) is 17.5. The zero-order chi connectivity index (χ0) is 22.7. The standard InChI is InChI=1S/C25H22ClFN2O3/c1-16-25(31)29(14-18-2-6-20(26)7-3-18)15-19-13-22(10-11-23(19)32-16)28-24(30)12-17-4-8-21(27)9-5-17/h2-11,13,16H,12,14-15H2,1H3,(H,28,30)/t16-/m1/s1. The molecule has 0 aromatic heterocycles. The summed E-state index contributed by atoms with van der Waals surface area (Å²) in [5.74, 6) is -0.0561. The first-order valence-electron chi connectivity index (χ1n) is 10.2. The molecule has 1 aliphatic rings. The van der Waals surface area contributed by atoms with Gasteiger partial charge in [-0.15, -0.1) is 0 Å². The Morgan fingerprint density at radius 1 is 1.09 bits per heavy atom. The number of benzene rings is 3. The summed E-state index contributed by atoms with van der Waals surface area (Å²) in [5, 5.41) is 3.50. The predicted octanol–water partition coefficient (Wildman–Crippen LogP) is 4.97. The van der Waals surface area contributed by atoms with Gasteiger partial charge >= 0.3 is 0 Å². The summed E-state index contributed by atoms with van der Waals surface area (Å²) in [4.78, 5) is 27.0. The van der Waals surface area contributed by atoms with Crippen LogP contribution in [0.2, 0.25) is 5.02 Å². The van der Waals surface area contributed by atoms with Gasteiger partial charge in [-0.25, -0.2) is 4.39 Å². The van der Waals surface area contributed by atoms with Gasteiger partial charge in [-0.05, 0) is 60.5 Å². The molecule has 0 saturated carbocycles. The van der Waals surface area contributed by atoms with Crippen molar-refractivity contribution in [2.75, 3.05) is 5.32 Å². The lowest BCUT2D eigenvalue weighted by Crippen LogP contribution is -2.37. The van der Waals surface area contributed by atoms with Crippen LogP contribution in [0.25, 0.3) is 0 Å². The zero-order valence-corrected chi connectivity index (χ0v) is 18.2. The van der Waals surface area contributed by atoms with Crippen LogP contribution in [0.15, 0.2) is 66.7 Å². The molecule has 32 heavy (non-hydrogen) atoms. The van der Waals surface area contributed by atoms with E-state index in [2.05, 4.69) is 5.32 Å². The second-order valence-electron chi connectivity index (χ2n) is 7.75. The fourth-order valence-corrected chi connectivity index (χ4v) is 3.74. The first-order valence-corrected chi connectivity index (χ1v) is 10.6. The van der Waals surface area contributed by atoms with E-state index in [-0.39, 0.29) is 24.1 Å². The monoisotopic (exact) mass is 452 g/mol. The number of halogens is 2. The second kappa shape index (κ2) is 9.40. The molecule has 5 nitrogen and oxygen atoms in total. The molecule has 0 unspecified atom stereocenters. The van der Waals surface area contributed by atoms with Gasteiger partial charge in [-0.1, -0.05) is 35.9 Å². The molecular formula is C25H22ClFN2O3. The van der Waals surface area contributed by atoms with Crippen LogP contribution in [0.5, 0.6) is 5.75 Å². The van der Waals surface area contributed by atoms with Gasteiger partial charge in [0.15, 0.2) is 6.10 Å². The number of nitrogens with one attached hydrogen (secondary N) is 1. The summed E-state index contributed by atoms with van der Waals surface area (Å²) in [7, 11) is 0. The van der Waals surface area contributed by atoms with Crippen molar-refractivity contribution in [1.29, 1.82) is 0 Å². The highest BCUT2D eigenvalue weighted by atomic mass is 35.5. The number of hydrogen-bond donors (Lipinski definition) is 1. The van der Waals surface area contributed by atoms with Gasteiger partial charge in [-0.2, -0.15) is 0 Å². The van der Waals surface area contributed by atoms with E-state index >= 15 is 0 Å². The molecule has 0 radical (unpaired) electrons. The Labute approximate surface area is 190 Å². The van der Waals surface area contributed by atoms with Crippen molar-refractivity contribution < 1.29 is 18.7 Å². The smallest absolute Gasteiger partial charge is 0.263 e. The molecule has 2 amide bonds. The Kier molecular flexibility index (Phi) is 6.42. The number of carbonyl (C=O) groups is 2. The summed E-state index contributed by atoms with van der Waals surface area (Å²) in [6.45, 7) is 2.50. The van der Waals surface area contributed by atoms with Gasteiger partial charge in [0.25, 0.3) is 5.91 Å². The molecule has 0 aliphatic carbocycles. The van der Waals surface area contributed by atoms with E-state index in [1.165, 1.54) is 12.1 Å². The summed E-state index contributed by atoms with van der Waals surface area (Å²) in [6, 6.07) is 18.5. The van der Waals surface area contributed by atoms with Crippen LogP contribution in [0.1, 0.15) is 23.6 Å². The van der Waals surface area contributed by atoms with Crippen LogP contribution in [0.4, 0.5) is 10.1 Å². The van der Waals surface area contributed by atoms with Crippen molar-refractivity contribution in [2.45, 2.75) is 32.5 Å². The van der Waals surface area contributed by atoms with Crippen LogP contribution < -0.4 is 10.1 Å². The molecule has 4 rings (SSSR count). The van der Waals surface area contributed by atoms with E-state index in [0.717, 1.165) is 16.7 Å². The molecular weight excluding hydrogens is 431 g/mol. The Morgan fingerprint density at radius 3 is 2.50 bits per heavy atom. The van der Waals surface area contributed by atoms with E-state index < -0.39 is 6.10 Å².